The zero-order valence-corrected chi connectivity index (χ0v) is 13.1. The van der Waals surface area contributed by atoms with Gasteiger partial charge in [-0.1, -0.05) is 0 Å². The molecule has 0 unspecified atom stereocenters. The van der Waals surface area contributed by atoms with E-state index in [0.717, 1.165) is 6.42 Å². The lowest BCUT2D eigenvalue weighted by Crippen LogP contribution is -2.50. The molecule has 1 aliphatic carbocycles. The number of methoxy groups -OCH3 is 1. The van der Waals surface area contributed by atoms with E-state index in [1.807, 2.05) is 0 Å². The molecule has 0 spiro atoms. The molecule has 1 aromatic rings. The van der Waals surface area contributed by atoms with Crippen molar-refractivity contribution < 1.29 is 18.7 Å². The number of carbonyl (C=O) groups excluding carboxylic acids is 1. The van der Waals surface area contributed by atoms with E-state index in [1.165, 1.54) is 15.8 Å². The smallest absolute Gasteiger partial charge is 0.296 e. The Hall–Kier alpha value is -1.96. The standard InChI is InChI=1S/C15H20FN3O4/c1-22-7-5-19-10-17-11-9-18(6-8-23-12(11)13(19)20)14(21)15(16)3-2-4-15/h10H,2-9H2,1H3. The SMILES string of the molecule is COCCn1cnc2c(c1=O)OCCN(C(=O)C1(F)CCC1)C2. The second-order valence-corrected chi connectivity index (χ2v) is 5.91. The Morgan fingerprint density at radius 2 is 2.30 bits per heavy atom. The monoisotopic (exact) mass is 325 g/mol. The van der Waals surface area contributed by atoms with Crippen LogP contribution < -0.4 is 10.3 Å². The van der Waals surface area contributed by atoms with Crippen molar-refractivity contribution in [3.63, 3.8) is 0 Å². The summed E-state index contributed by atoms with van der Waals surface area (Å²) in [5.74, 6) is -0.383. The van der Waals surface area contributed by atoms with Crippen LogP contribution in [-0.4, -0.2) is 52.9 Å². The Labute approximate surface area is 133 Å². The molecule has 23 heavy (non-hydrogen) atoms. The maximum absolute atomic E-state index is 14.3. The molecular formula is C15H20FN3O4. The molecule has 0 bridgehead atoms. The Kier molecular flexibility index (Phi) is 4.34. The first-order valence-electron chi connectivity index (χ1n) is 7.73. The molecular weight excluding hydrogens is 305 g/mol. The highest BCUT2D eigenvalue weighted by Crippen LogP contribution is 2.38. The number of ether oxygens (including phenoxy) is 2. The number of amides is 1. The Morgan fingerprint density at radius 3 is 2.96 bits per heavy atom. The number of hydrogen-bond donors (Lipinski definition) is 0. The van der Waals surface area contributed by atoms with Crippen LogP contribution in [0.2, 0.25) is 0 Å². The third-order valence-electron chi connectivity index (χ3n) is 4.37. The fourth-order valence-corrected chi connectivity index (χ4v) is 2.79. The molecule has 3 rings (SSSR count). The Balaban J connectivity index is 1.82. The number of aromatic nitrogens is 2. The number of alkyl halides is 1. The molecule has 126 valence electrons. The van der Waals surface area contributed by atoms with Gasteiger partial charge in [-0.05, 0) is 19.3 Å². The lowest BCUT2D eigenvalue weighted by Gasteiger charge is -2.36. The van der Waals surface area contributed by atoms with Crippen molar-refractivity contribution in [2.45, 2.75) is 38.0 Å². The summed E-state index contributed by atoms with van der Waals surface area (Å²) in [6.07, 6.45) is 2.67. The highest BCUT2D eigenvalue weighted by molar-refractivity contribution is 5.86. The predicted octanol–water partition coefficient (Wildman–Crippen LogP) is 0.503. The molecule has 0 radical (unpaired) electrons. The highest BCUT2D eigenvalue weighted by atomic mass is 19.1. The third kappa shape index (κ3) is 2.95. The summed E-state index contributed by atoms with van der Waals surface area (Å²) in [5, 5.41) is 0. The Morgan fingerprint density at radius 1 is 1.52 bits per heavy atom. The van der Waals surface area contributed by atoms with Crippen LogP contribution in [0, 0.1) is 0 Å². The molecule has 0 atom stereocenters. The zero-order valence-electron chi connectivity index (χ0n) is 13.1. The highest BCUT2D eigenvalue weighted by Gasteiger charge is 2.47. The van der Waals surface area contributed by atoms with E-state index in [1.54, 1.807) is 7.11 Å². The molecule has 1 saturated carbocycles. The van der Waals surface area contributed by atoms with Crippen LogP contribution in [-0.2, 0) is 22.6 Å². The van der Waals surface area contributed by atoms with Gasteiger partial charge in [-0.25, -0.2) is 9.37 Å². The lowest BCUT2D eigenvalue weighted by molar-refractivity contribution is -0.150. The van der Waals surface area contributed by atoms with Crippen LogP contribution in [0.15, 0.2) is 11.1 Å². The van der Waals surface area contributed by atoms with Crippen LogP contribution >= 0.6 is 0 Å². The maximum Gasteiger partial charge on any atom is 0.296 e. The summed E-state index contributed by atoms with van der Waals surface area (Å²) in [5.41, 5.74) is -1.68. The number of rotatable bonds is 4. The van der Waals surface area contributed by atoms with E-state index in [2.05, 4.69) is 4.98 Å². The van der Waals surface area contributed by atoms with Crippen molar-refractivity contribution in [1.82, 2.24) is 14.5 Å². The van der Waals surface area contributed by atoms with E-state index >= 15 is 0 Å². The number of halogens is 1. The van der Waals surface area contributed by atoms with Gasteiger partial charge in [-0.3, -0.25) is 14.2 Å². The fourth-order valence-electron chi connectivity index (χ4n) is 2.79. The molecule has 0 saturated heterocycles. The van der Waals surface area contributed by atoms with E-state index in [4.69, 9.17) is 9.47 Å². The van der Waals surface area contributed by atoms with Gasteiger partial charge in [0, 0.05) is 7.11 Å². The minimum Gasteiger partial charge on any atom is -0.485 e. The summed E-state index contributed by atoms with van der Waals surface area (Å²) in [6.45, 7) is 1.25. The number of carbonyl (C=O) groups is 1. The Bertz CT molecular complexity index is 657. The van der Waals surface area contributed by atoms with Gasteiger partial charge in [-0.2, -0.15) is 0 Å². The summed E-state index contributed by atoms with van der Waals surface area (Å²) in [4.78, 5) is 30.3. The van der Waals surface area contributed by atoms with Gasteiger partial charge in [0.25, 0.3) is 11.5 Å². The van der Waals surface area contributed by atoms with Crippen LogP contribution in [0.4, 0.5) is 4.39 Å². The topological polar surface area (TPSA) is 73.7 Å². The van der Waals surface area contributed by atoms with Crippen molar-refractivity contribution in [2.75, 3.05) is 26.9 Å². The number of nitrogens with zero attached hydrogens (tertiary/aromatic N) is 3. The van der Waals surface area contributed by atoms with Crippen molar-refractivity contribution in [3.05, 3.63) is 22.4 Å². The lowest BCUT2D eigenvalue weighted by atomic mass is 9.81. The minimum atomic E-state index is -1.75. The molecule has 2 aliphatic rings. The maximum atomic E-state index is 14.3. The van der Waals surface area contributed by atoms with E-state index < -0.39 is 11.6 Å². The predicted molar refractivity (Wildman–Crippen MR) is 79.0 cm³/mol. The summed E-state index contributed by atoms with van der Waals surface area (Å²) in [7, 11) is 1.55. The fraction of sp³-hybridized carbons (Fsp3) is 0.667. The van der Waals surface area contributed by atoms with Gasteiger partial charge < -0.3 is 14.4 Å². The molecule has 7 nitrogen and oxygen atoms in total. The van der Waals surface area contributed by atoms with E-state index in [9.17, 15) is 14.0 Å². The van der Waals surface area contributed by atoms with Gasteiger partial charge in [0.15, 0.2) is 5.67 Å². The molecule has 1 amide bonds. The number of fused-ring (bicyclic) bond motifs is 1. The zero-order chi connectivity index (χ0) is 16.4. The first-order chi connectivity index (χ1) is 11.0. The summed E-state index contributed by atoms with van der Waals surface area (Å²) in [6, 6.07) is 0. The van der Waals surface area contributed by atoms with Gasteiger partial charge in [-0.15, -0.1) is 0 Å². The van der Waals surface area contributed by atoms with Crippen LogP contribution in [0.5, 0.6) is 5.75 Å². The third-order valence-corrected chi connectivity index (χ3v) is 4.37. The molecule has 1 aliphatic heterocycles. The van der Waals surface area contributed by atoms with Crippen molar-refractivity contribution >= 4 is 5.91 Å². The van der Waals surface area contributed by atoms with Gasteiger partial charge in [0.1, 0.15) is 12.3 Å². The van der Waals surface area contributed by atoms with E-state index in [-0.39, 0.29) is 43.8 Å². The average molecular weight is 325 g/mol. The minimum absolute atomic E-state index is 0.0974. The molecule has 0 aromatic carbocycles. The van der Waals surface area contributed by atoms with Crippen molar-refractivity contribution in [1.29, 1.82) is 0 Å². The molecule has 2 heterocycles. The van der Waals surface area contributed by atoms with Gasteiger partial charge in [0.05, 0.1) is 32.6 Å². The van der Waals surface area contributed by atoms with Crippen LogP contribution in [0.3, 0.4) is 0 Å². The van der Waals surface area contributed by atoms with Crippen molar-refractivity contribution in [2.24, 2.45) is 0 Å². The summed E-state index contributed by atoms with van der Waals surface area (Å²) >= 11 is 0. The summed E-state index contributed by atoms with van der Waals surface area (Å²) < 4.78 is 26.2. The van der Waals surface area contributed by atoms with Gasteiger partial charge in [0.2, 0.25) is 5.75 Å². The number of hydrogen-bond acceptors (Lipinski definition) is 5. The second-order valence-electron chi connectivity index (χ2n) is 5.91. The molecule has 1 aromatic heterocycles. The van der Waals surface area contributed by atoms with Crippen LogP contribution in [0.1, 0.15) is 25.0 Å². The molecule has 8 heteroatoms. The molecule has 0 N–H and O–H groups in total. The van der Waals surface area contributed by atoms with Crippen LogP contribution in [0.25, 0.3) is 0 Å². The first-order valence-corrected chi connectivity index (χ1v) is 7.73. The average Bonchev–Trinajstić information content (AvgIpc) is 2.74. The quantitative estimate of drug-likeness (QED) is 0.806. The first kappa shape index (κ1) is 15.9. The second kappa shape index (κ2) is 6.27. The van der Waals surface area contributed by atoms with E-state index in [0.29, 0.717) is 18.8 Å². The normalized spacial score (nSPS) is 19.3. The van der Waals surface area contributed by atoms with Crippen molar-refractivity contribution in [3.8, 4) is 5.75 Å². The largest absolute Gasteiger partial charge is 0.485 e. The van der Waals surface area contributed by atoms with Gasteiger partial charge >= 0.3 is 0 Å². The molecule has 1 fully saturated rings.